The predicted octanol–water partition coefficient (Wildman–Crippen LogP) is 8.78. The van der Waals surface area contributed by atoms with Gasteiger partial charge in [-0.15, -0.1) is 0 Å². The fourth-order valence-corrected chi connectivity index (χ4v) is 36.4. The summed E-state index contributed by atoms with van der Waals surface area (Å²) in [5.41, 5.74) is 1.58. The van der Waals surface area contributed by atoms with E-state index in [4.69, 9.17) is 4.43 Å². The summed E-state index contributed by atoms with van der Waals surface area (Å²) in [5, 5.41) is 0. The molecule has 0 N–H and O–H groups in total. The van der Waals surface area contributed by atoms with E-state index in [0.29, 0.717) is 0 Å². The van der Waals surface area contributed by atoms with Crippen molar-refractivity contribution in [1.29, 1.82) is 0 Å². The largest absolute Gasteiger partial charge is 0.415 e. The molecule has 0 amide bonds. The lowest BCUT2D eigenvalue weighted by Gasteiger charge is -2.64. The molecule has 152 valence electrons. The first-order chi connectivity index (χ1) is 11.8. The van der Waals surface area contributed by atoms with Crippen molar-refractivity contribution in [2.45, 2.75) is 114 Å². The van der Waals surface area contributed by atoms with E-state index >= 15 is 0 Å². The normalized spacial score (nSPS) is 41.5. The molecule has 0 aromatic heterocycles. The zero-order valence-electron chi connectivity index (χ0n) is 16.6. The van der Waals surface area contributed by atoms with E-state index in [0.717, 1.165) is 11.1 Å². The Kier molecular flexibility index (Phi) is 6.88. The van der Waals surface area contributed by atoms with Gasteiger partial charge in [0.1, 0.15) is 0 Å². The summed E-state index contributed by atoms with van der Waals surface area (Å²) in [7, 11) is -3.58. The lowest BCUT2D eigenvalue weighted by Crippen LogP contribution is -2.75. The van der Waals surface area contributed by atoms with Crippen molar-refractivity contribution in [2.24, 2.45) is 0 Å². The molecular formula is C19H34Br4OSi2. The minimum atomic E-state index is -1.84. The molecule has 1 saturated heterocycles. The summed E-state index contributed by atoms with van der Waals surface area (Å²) < 4.78 is 7.32. The maximum absolute atomic E-state index is 7.09. The van der Waals surface area contributed by atoms with Crippen molar-refractivity contribution >= 4 is 79.1 Å². The molecule has 2 saturated carbocycles. The van der Waals surface area contributed by atoms with Gasteiger partial charge in [-0.25, -0.2) is 0 Å². The standard InChI is InChI=1S/C19H34Br4OSi2/c1-17(2)13-14-26(25(3,4)24-17,15-9-5-7-11-18(15,20)21)16-10-6-8-12-19(16,22)23/h15-16H,5-14H2,1-4H3. The van der Waals surface area contributed by atoms with Crippen LogP contribution in [0, 0.1) is 0 Å². The highest BCUT2D eigenvalue weighted by atomic mass is 79.9. The van der Waals surface area contributed by atoms with Crippen LogP contribution in [0.1, 0.15) is 71.6 Å². The highest BCUT2D eigenvalue weighted by Crippen LogP contribution is 2.67. The molecule has 7 heteroatoms. The molecule has 2 unspecified atom stereocenters. The third-order valence-corrected chi connectivity index (χ3v) is 31.4. The monoisotopic (exact) mass is 650 g/mol. The zero-order valence-corrected chi connectivity index (χ0v) is 25.0. The summed E-state index contributed by atoms with van der Waals surface area (Å²) in [6.07, 6.45) is 11.9. The zero-order chi connectivity index (χ0) is 19.4. The van der Waals surface area contributed by atoms with E-state index < -0.39 is 15.4 Å². The maximum atomic E-state index is 7.09. The van der Waals surface area contributed by atoms with Crippen molar-refractivity contribution in [3.63, 3.8) is 0 Å². The van der Waals surface area contributed by atoms with Crippen LogP contribution in [0.2, 0.25) is 30.2 Å². The molecule has 3 rings (SSSR count). The average molecular weight is 654 g/mol. The number of alkyl halides is 4. The minimum absolute atomic E-state index is 0.0537. The van der Waals surface area contributed by atoms with Crippen molar-refractivity contribution in [3.8, 4) is 0 Å². The maximum Gasteiger partial charge on any atom is 0.175 e. The van der Waals surface area contributed by atoms with E-state index in [1.165, 1.54) is 63.8 Å². The van der Waals surface area contributed by atoms with E-state index in [-0.39, 0.29) is 12.1 Å². The molecule has 2 atom stereocenters. The van der Waals surface area contributed by atoms with Crippen LogP contribution in [-0.4, -0.2) is 27.5 Å². The summed E-state index contributed by atoms with van der Waals surface area (Å²) in [4.78, 5) is 0. The van der Waals surface area contributed by atoms with E-state index in [1.54, 1.807) is 0 Å². The number of halogens is 4. The van der Waals surface area contributed by atoms with Gasteiger partial charge < -0.3 is 4.43 Å². The molecule has 0 radical (unpaired) electrons. The van der Waals surface area contributed by atoms with Crippen LogP contribution in [0.25, 0.3) is 0 Å². The van der Waals surface area contributed by atoms with Crippen LogP contribution in [0.3, 0.4) is 0 Å². The van der Waals surface area contributed by atoms with E-state index in [2.05, 4.69) is 90.7 Å². The first kappa shape index (κ1) is 23.0. The van der Waals surface area contributed by atoms with Gasteiger partial charge in [-0.3, -0.25) is 0 Å². The molecule has 2 aliphatic carbocycles. The molecule has 3 aliphatic rings. The Morgan fingerprint density at radius 1 is 0.769 bits per heavy atom. The Balaban J connectivity index is 2.13. The van der Waals surface area contributed by atoms with Gasteiger partial charge in [-0.2, -0.15) is 0 Å². The lowest BCUT2D eigenvalue weighted by molar-refractivity contribution is 0.0911. The molecular weight excluding hydrogens is 620 g/mol. The first-order valence-corrected chi connectivity index (χ1v) is 19.7. The Morgan fingerprint density at radius 2 is 1.23 bits per heavy atom. The highest BCUT2D eigenvalue weighted by molar-refractivity contribution is 9.25. The number of hydrogen-bond donors (Lipinski definition) is 0. The summed E-state index contributed by atoms with van der Waals surface area (Å²) in [6, 6.07) is 1.44. The second kappa shape index (κ2) is 7.78. The average Bonchev–Trinajstić information content (AvgIpc) is 2.47. The molecule has 0 spiro atoms. The SMILES string of the molecule is CC1(C)CC[Si](C2CCCCC2(Br)Br)(C2CCCCC2(Br)Br)[Si](C)(C)O1. The summed E-state index contributed by atoms with van der Waals surface area (Å²) in [5.74, 6) is 0. The van der Waals surface area contributed by atoms with Gasteiger partial charge in [-0.1, -0.05) is 108 Å². The molecule has 0 aromatic rings. The Hall–Kier alpha value is 2.31. The third kappa shape index (κ3) is 4.08. The summed E-state index contributed by atoms with van der Waals surface area (Å²) in [6.45, 7) is 9.81. The Morgan fingerprint density at radius 3 is 1.62 bits per heavy atom. The van der Waals surface area contributed by atoms with Crippen molar-refractivity contribution in [3.05, 3.63) is 0 Å². The van der Waals surface area contributed by atoms with Gasteiger partial charge in [0.05, 0.1) is 19.7 Å². The van der Waals surface area contributed by atoms with Gasteiger partial charge in [0.2, 0.25) is 0 Å². The van der Waals surface area contributed by atoms with Crippen LogP contribution in [0.4, 0.5) is 0 Å². The van der Waals surface area contributed by atoms with E-state index in [9.17, 15) is 0 Å². The number of hydrogen-bond acceptors (Lipinski definition) is 1. The lowest BCUT2D eigenvalue weighted by atomic mass is 9.99. The minimum Gasteiger partial charge on any atom is -0.415 e. The molecule has 0 aromatic carbocycles. The second-order valence-corrected chi connectivity index (χ2v) is 31.4. The Bertz CT molecular complexity index is 508. The van der Waals surface area contributed by atoms with Crippen LogP contribution in [-0.2, 0) is 4.43 Å². The van der Waals surface area contributed by atoms with Crippen LogP contribution in [0.5, 0.6) is 0 Å². The smallest absolute Gasteiger partial charge is 0.175 e. The van der Waals surface area contributed by atoms with Crippen LogP contribution >= 0.6 is 63.7 Å². The first-order valence-electron chi connectivity index (χ1n) is 10.3. The highest BCUT2D eigenvalue weighted by Gasteiger charge is 2.69. The number of rotatable bonds is 2. The predicted molar refractivity (Wildman–Crippen MR) is 133 cm³/mol. The fraction of sp³-hybridized carbons (Fsp3) is 1.00. The van der Waals surface area contributed by atoms with Gasteiger partial charge >= 0.3 is 0 Å². The fourth-order valence-electron chi connectivity index (χ4n) is 6.53. The molecule has 1 heterocycles. The molecule has 3 fully saturated rings. The van der Waals surface area contributed by atoms with Crippen molar-refractivity contribution in [2.75, 3.05) is 0 Å². The molecule has 0 bridgehead atoms. The molecule has 26 heavy (non-hydrogen) atoms. The van der Waals surface area contributed by atoms with Gasteiger partial charge in [0.15, 0.2) is 7.83 Å². The summed E-state index contributed by atoms with van der Waals surface area (Å²) >= 11 is 16.8. The Labute approximate surface area is 196 Å². The van der Waals surface area contributed by atoms with Crippen LogP contribution < -0.4 is 0 Å². The topological polar surface area (TPSA) is 9.23 Å². The van der Waals surface area contributed by atoms with Gasteiger partial charge in [0, 0.05) is 0 Å². The van der Waals surface area contributed by atoms with Crippen molar-refractivity contribution < 1.29 is 4.43 Å². The van der Waals surface area contributed by atoms with E-state index in [1.807, 2.05) is 0 Å². The third-order valence-electron chi connectivity index (χ3n) is 7.56. The molecule has 1 nitrogen and oxygen atoms in total. The van der Waals surface area contributed by atoms with Crippen molar-refractivity contribution in [1.82, 2.24) is 0 Å². The van der Waals surface area contributed by atoms with Crippen LogP contribution in [0.15, 0.2) is 0 Å². The van der Waals surface area contributed by atoms with Gasteiger partial charge in [0.25, 0.3) is 0 Å². The second-order valence-electron chi connectivity index (χ2n) is 10.0. The quantitative estimate of drug-likeness (QED) is 0.214. The molecule has 1 aliphatic heterocycles. The van der Waals surface area contributed by atoms with Gasteiger partial charge in [-0.05, 0) is 57.3 Å².